The van der Waals surface area contributed by atoms with Crippen LogP contribution in [0.1, 0.15) is 29.7 Å². The Bertz CT molecular complexity index is 538. The average molecular weight is 304 g/mol. The maximum Gasteiger partial charge on any atom is 0.371 e. The van der Waals surface area contributed by atoms with Gasteiger partial charge in [-0.05, 0) is 25.1 Å². The van der Waals surface area contributed by atoms with Gasteiger partial charge in [0.05, 0.1) is 12.8 Å². The Kier molecular flexibility index (Phi) is 6.18. The molecule has 0 fully saturated rings. The first-order valence-corrected chi connectivity index (χ1v) is 8.17. The minimum absolute atomic E-state index is 0.0870. The molecule has 1 rings (SSSR count). The molecule has 0 atom stereocenters. The zero-order valence-corrected chi connectivity index (χ0v) is 12.4. The van der Waals surface area contributed by atoms with Crippen LogP contribution >= 0.6 is 0 Å². The van der Waals surface area contributed by atoms with Gasteiger partial charge in [-0.3, -0.25) is 0 Å². The predicted molar refractivity (Wildman–Crippen MR) is 74.1 cm³/mol. The minimum Gasteiger partial charge on any atom is -0.475 e. The lowest BCUT2D eigenvalue weighted by atomic mass is 10.4. The Morgan fingerprint density at radius 1 is 1.45 bits per heavy atom. The van der Waals surface area contributed by atoms with Crippen molar-refractivity contribution in [2.75, 3.05) is 25.9 Å². The topological polar surface area (TPSA) is 99.8 Å². The highest BCUT2D eigenvalue weighted by Crippen LogP contribution is 2.07. The molecule has 1 aromatic rings. The molecule has 0 unspecified atom stereocenters. The molecule has 7 nitrogen and oxygen atoms in total. The van der Waals surface area contributed by atoms with Crippen molar-refractivity contribution in [2.45, 2.75) is 19.9 Å². The summed E-state index contributed by atoms with van der Waals surface area (Å²) in [7, 11) is -3.14. The summed E-state index contributed by atoms with van der Waals surface area (Å²) < 4.78 is 29.2. The van der Waals surface area contributed by atoms with Crippen molar-refractivity contribution in [3.8, 4) is 0 Å². The van der Waals surface area contributed by atoms with E-state index in [-0.39, 0.29) is 5.76 Å². The van der Waals surface area contributed by atoms with Crippen molar-refractivity contribution in [2.24, 2.45) is 0 Å². The molecule has 0 bridgehead atoms. The highest BCUT2D eigenvalue weighted by molar-refractivity contribution is 7.88. The number of aromatic carboxylic acids is 1. The average Bonchev–Trinajstić information content (AvgIpc) is 2.81. The molecule has 114 valence electrons. The number of hydrogen-bond acceptors (Lipinski definition) is 5. The lowest BCUT2D eigenvalue weighted by Crippen LogP contribution is -2.32. The van der Waals surface area contributed by atoms with Gasteiger partial charge in [0.1, 0.15) is 5.76 Å². The molecule has 0 saturated carbocycles. The number of rotatable bonds is 9. The summed E-state index contributed by atoms with van der Waals surface area (Å²) in [6.07, 6.45) is 1.87. The number of sulfonamides is 1. The van der Waals surface area contributed by atoms with Gasteiger partial charge < -0.3 is 14.8 Å². The third kappa shape index (κ3) is 5.32. The summed E-state index contributed by atoms with van der Waals surface area (Å²) >= 11 is 0. The second kappa shape index (κ2) is 7.41. The first-order chi connectivity index (χ1) is 9.34. The summed E-state index contributed by atoms with van der Waals surface area (Å²) in [5.41, 5.74) is 0. The maximum absolute atomic E-state index is 11.3. The Morgan fingerprint density at radius 2 is 2.15 bits per heavy atom. The quantitative estimate of drug-likeness (QED) is 0.653. The zero-order valence-electron chi connectivity index (χ0n) is 11.6. The number of hydrogen-bond donors (Lipinski definition) is 2. The second-order valence-corrected chi connectivity index (χ2v) is 6.34. The van der Waals surface area contributed by atoms with Crippen LogP contribution in [-0.2, 0) is 16.6 Å². The van der Waals surface area contributed by atoms with E-state index in [0.29, 0.717) is 38.4 Å². The molecule has 0 aromatic carbocycles. The van der Waals surface area contributed by atoms with Crippen molar-refractivity contribution in [1.82, 2.24) is 9.62 Å². The number of furan rings is 1. The summed E-state index contributed by atoms with van der Waals surface area (Å²) in [4.78, 5) is 10.6. The van der Waals surface area contributed by atoms with Crippen LogP contribution in [0.4, 0.5) is 0 Å². The van der Waals surface area contributed by atoms with E-state index in [0.717, 1.165) is 0 Å². The van der Waals surface area contributed by atoms with Crippen LogP contribution in [0.25, 0.3) is 0 Å². The largest absolute Gasteiger partial charge is 0.475 e. The molecule has 0 radical (unpaired) electrons. The number of carboxylic acid groups (broad SMARTS) is 1. The molecule has 0 saturated heterocycles. The monoisotopic (exact) mass is 304 g/mol. The van der Waals surface area contributed by atoms with Gasteiger partial charge >= 0.3 is 5.97 Å². The zero-order chi connectivity index (χ0) is 15.2. The van der Waals surface area contributed by atoms with E-state index in [1.165, 1.54) is 16.6 Å². The van der Waals surface area contributed by atoms with Crippen LogP contribution in [0.3, 0.4) is 0 Å². The fraction of sp³-hybridized carbons (Fsp3) is 0.583. The Labute approximate surface area is 118 Å². The molecule has 20 heavy (non-hydrogen) atoms. The number of carbonyl (C=O) groups is 1. The van der Waals surface area contributed by atoms with Gasteiger partial charge in [-0.25, -0.2) is 17.5 Å². The van der Waals surface area contributed by atoms with Gasteiger partial charge in [0, 0.05) is 13.1 Å². The van der Waals surface area contributed by atoms with Crippen LogP contribution in [-0.4, -0.2) is 49.7 Å². The second-order valence-electron chi connectivity index (χ2n) is 4.36. The van der Waals surface area contributed by atoms with Crippen molar-refractivity contribution >= 4 is 16.0 Å². The highest BCUT2D eigenvalue weighted by atomic mass is 32.2. The summed E-state index contributed by atoms with van der Waals surface area (Å²) in [6.45, 7) is 3.75. The summed E-state index contributed by atoms with van der Waals surface area (Å²) in [5.74, 6) is -0.642. The first kappa shape index (κ1) is 16.7. The Morgan fingerprint density at radius 3 is 2.65 bits per heavy atom. The van der Waals surface area contributed by atoms with E-state index in [1.807, 2.05) is 0 Å². The van der Waals surface area contributed by atoms with Gasteiger partial charge in [0.15, 0.2) is 0 Å². The van der Waals surface area contributed by atoms with Crippen LogP contribution in [0.5, 0.6) is 0 Å². The molecular formula is C12H20N2O5S. The van der Waals surface area contributed by atoms with Crippen molar-refractivity contribution < 1.29 is 22.7 Å². The molecule has 1 heterocycles. The van der Waals surface area contributed by atoms with Crippen LogP contribution < -0.4 is 5.32 Å². The van der Waals surface area contributed by atoms with Crippen LogP contribution in [0, 0.1) is 0 Å². The summed E-state index contributed by atoms with van der Waals surface area (Å²) in [5, 5.41) is 11.8. The fourth-order valence-corrected chi connectivity index (χ4v) is 2.67. The van der Waals surface area contributed by atoms with E-state index >= 15 is 0 Å². The van der Waals surface area contributed by atoms with E-state index in [2.05, 4.69) is 5.32 Å². The molecule has 1 aromatic heterocycles. The number of nitrogens with one attached hydrogen (secondary N) is 1. The van der Waals surface area contributed by atoms with Gasteiger partial charge in [-0.2, -0.15) is 0 Å². The van der Waals surface area contributed by atoms with E-state index in [9.17, 15) is 13.2 Å². The lowest BCUT2D eigenvalue weighted by molar-refractivity contribution is 0.0660. The molecule has 2 N–H and O–H groups in total. The maximum atomic E-state index is 11.3. The van der Waals surface area contributed by atoms with Crippen molar-refractivity contribution in [1.29, 1.82) is 0 Å². The van der Waals surface area contributed by atoms with Gasteiger partial charge in [0.25, 0.3) is 0 Å². The first-order valence-electron chi connectivity index (χ1n) is 6.32. The minimum atomic E-state index is -3.14. The molecule has 0 aliphatic carbocycles. The molecular weight excluding hydrogens is 284 g/mol. The van der Waals surface area contributed by atoms with Crippen molar-refractivity contribution in [3.05, 3.63) is 23.7 Å². The SMILES string of the molecule is CCN(CCCNCc1ccc(C(=O)O)o1)S(C)(=O)=O. The molecule has 8 heteroatoms. The van der Waals surface area contributed by atoms with Gasteiger partial charge in [-0.15, -0.1) is 0 Å². The van der Waals surface area contributed by atoms with Crippen molar-refractivity contribution in [3.63, 3.8) is 0 Å². The summed E-state index contributed by atoms with van der Waals surface area (Å²) in [6, 6.07) is 3.01. The molecule has 0 aliphatic rings. The fourth-order valence-electron chi connectivity index (χ4n) is 1.74. The third-order valence-electron chi connectivity index (χ3n) is 2.75. The number of carboxylic acids is 1. The van der Waals surface area contributed by atoms with Crippen LogP contribution in [0.2, 0.25) is 0 Å². The molecule has 0 amide bonds. The van der Waals surface area contributed by atoms with E-state index < -0.39 is 16.0 Å². The van der Waals surface area contributed by atoms with Gasteiger partial charge in [0.2, 0.25) is 15.8 Å². The molecule has 0 aliphatic heterocycles. The standard InChI is InChI=1S/C12H20N2O5S/c1-3-14(20(2,17)18)8-4-7-13-9-10-5-6-11(19-10)12(15)16/h5-6,13H,3-4,7-9H2,1-2H3,(H,15,16). The normalized spacial score (nSPS) is 11.9. The smallest absolute Gasteiger partial charge is 0.371 e. The van der Waals surface area contributed by atoms with E-state index in [1.54, 1.807) is 13.0 Å². The Balaban J connectivity index is 2.26. The molecule has 0 spiro atoms. The predicted octanol–water partition coefficient (Wildman–Crippen LogP) is 0.739. The van der Waals surface area contributed by atoms with E-state index in [4.69, 9.17) is 9.52 Å². The van der Waals surface area contributed by atoms with Gasteiger partial charge in [-0.1, -0.05) is 6.92 Å². The number of nitrogens with zero attached hydrogens (tertiary/aromatic N) is 1. The lowest BCUT2D eigenvalue weighted by Gasteiger charge is -2.17. The third-order valence-corrected chi connectivity index (χ3v) is 4.13. The van der Waals surface area contributed by atoms with Crippen LogP contribution in [0.15, 0.2) is 16.5 Å². The highest BCUT2D eigenvalue weighted by Gasteiger charge is 2.13. The Hall–Kier alpha value is -1.38.